The van der Waals surface area contributed by atoms with Crippen LogP contribution in [0.1, 0.15) is 18.5 Å². The van der Waals surface area contributed by atoms with E-state index in [1.165, 1.54) is 6.07 Å². The molecule has 1 atom stereocenters. The summed E-state index contributed by atoms with van der Waals surface area (Å²) in [6, 6.07) is 11.8. The maximum absolute atomic E-state index is 13.2. The van der Waals surface area contributed by atoms with E-state index in [0.29, 0.717) is 5.56 Å². The smallest absolute Gasteiger partial charge is 0.159 e. The lowest BCUT2D eigenvalue weighted by molar-refractivity contribution is 0.506. The molecule has 2 aromatic carbocycles. The zero-order valence-corrected chi connectivity index (χ0v) is 11.0. The number of anilines is 1. The maximum Gasteiger partial charge on any atom is 0.159 e. The highest BCUT2D eigenvalue weighted by Gasteiger charge is 2.09. The van der Waals surface area contributed by atoms with Crippen LogP contribution < -0.4 is 5.32 Å². The van der Waals surface area contributed by atoms with Crippen molar-refractivity contribution in [2.24, 2.45) is 0 Å². The molecule has 0 spiro atoms. The van der Waals surface area contributed by atoms with Crippen molar-refractivity contribution in [1.29, 1.82) is 0 Å². The van der Waals surface area contributed by atoms with Gasteiger partial charge >= 0.3 is 0 Å². The molecule has 2 nitrogen and oxygen atoms in total. The molecule has 1 aromatic heterocycles. The maximum atomic E-state index is 13.2. The van der Waals surface area contributed by atoms with Crippen LogP contribution in [0.4, 0.5) is 14.5 Å². The van der Waals surface area contributed by atoms with Crippen LogP contribution in [0.5, 0.6) is 0 Å². The van der Waals surface area contributed by atoms with E-state index >= 15 is 0 Å². The van der Waals surface area contributed by atoms with E-state index in [0.717, 1.165) is 22.7 Å². The number of aromatic amines is 1. The summed E-state index contributed by atoms with van der Waals surface area (Å²) in [5.41, 5.74) is 2.71. The topological polar surface area (TPSA) is 27.8 Å². The van der Waals surface area contributed by atoms with Gasteiger partial charge in [-0.25, -0.2) is 8.78 Å². The van der Waals surface area contributed by atoms with E-state index in [-0.39, 0.29) is 6.04 Å². The van der Waals surface area contributed by atoms with E-state index in [2.05, 4.69) is 10.3 Å². The lowest BCUT2D eigenvalue weighted by Crippen LogP contribution is -2.07. The van der Waals surface area contributed by atoms with E-state index in [1.54, 1.807) is 6.07 Å². The van der Waals surface area contributed by atoms with Crippen molar-refractivity contribution < 1.29 is 8.78 Å². The van der Waals surface area contributed by atoms with Crippen molar-refractivity contribution in [3.8, 4) is 0 Å². The predicted octanol–water partition coefficient (Wildman–Crippen LogP) is 4.62. The first-order chi connectivity index (χ1) is 9.63. The van der Waals surface area contributed by atoms with Crippen LogP contribution in [0.25, 0.3) is 10.9 Å². The van der Waals surface area contributed by atoms with Crippen LogP contribution >= 0.6 is 0 Å². The monoisotopic (exact) mass is 272 g/mol. The minimum Gasteiger partial charge on any atom is -0.379 e. The Morgan fingerprint density at radius 1 is 1.00 bits per heavy atom. The molecule has 0 aliphatic carbocycles. The fraction of sp³-hybridized carbons (Fsp3) is 0.125. The molecule has 1 unspecified atom stereocenters. The predicted molar refractivity (Wildman–Crippen MR) is 76.7 cm³/mol. The Morgan fingerprint density at radius 3 is 2.65 bits per heavy atom. The zero-order chi connectivity index (χ0) is 14.1. The molecule has 1 heterocycles. The summed E-state index contributed by atoms with van der Waals surface area (Å²) >= 11 is 0. The molecule has 0 saturated heterocycles. The molecule has 0 radical (unpaired) electrons. The van der Waals surface area contributed by atoms with Gasteiger partial charge in [-0.3, -0.25) is 0 Å². The van der Waals surface area contributed by atoms with Gasteiger partial charge in [-0.15, -0.1) is 0 Å². The number of hydrogen-bond donors (Lipinski definition) is 2. The highest BCUT2D eigenvalue weighted by atomic mass is 19.2. The second-order valence-electron chi connectivity index (χ2n) is 4.82. The first-order valence-corrected chi connectivity index (χ1v) is 6.42. The van der Waals surface area contributed by atoms with Crippen molar-refractivity contribution in [1.82, 2.24) is 4.98 Å². The average molecular weight is 272 g/mol. The third-order valence-electron chi connectivity index (χ3n) is 3.38. The molecule has 102 valence electrons. The molecule has 3 aromatic rings. The molecule has 2 N–H and O–H groups in total. The Morgan fingerprint density at radius 2 is 1.85 bits per heavy atom. The minimum absolute atomic E-state index is 0.110. The summed E-state index contributed by atoms with van der Waals surface area (Å²) in [5.74, 6) is -1.65. The van der Waals surface area contributed by atoms with Gasteiger partial charge in [0.05, 0.1) is 0 Å². The zero-order valence-electron chi connectivity index (χ0n) is 11.0. The Labute approximate surface area is 115 Å². The first-order valence-electron chi connectivity index (χ1n) is 6.42. The third-order valence-corrected chi connectivity index (χ3v) is 3.38. The molecule has 3 rings (SSSR count). The van der Waals surface area contributed by atoms with Gasteiger partial charge < -0.3 is 10.3 Å². The summed E-state index contributed by atoms with van der Waals surface area (Å²) in [6.07, 6.45) is 1.88. The van der Waals surface area contributed by atoms with E-state index in [1.807, 2.05) is 37.4 Å². The van der Waals surface area contributed by atoms with Crippen LogP contribution in [-0.2, 0) is 0 Å². The number of nitrogens with one attached hydrogen (secondary N) is 2. The van der Waals surface area contributed by atoms with Gasteiger partial charge in [0.1, 0.15) is 0 Å². The van der Waals surface area contributed by atoms with Crippen LogP contribution in [0, 0.1) is 11.6 Å². The van der Waals surface area contributed by atoms with Crippen molar-refractivity contribution in [3.05, 3.63) is 65.9 Å². The van der Waals surface area contributed by atoms with Crippen molar-refractivity contribution in [2.45, 2.75) is 13.0 Å². The van der Waals surface area contributed by atoms with Gasteiger partial charge in [-0.05, 0) is 48.9 Å². The van der Waals surface area contributed by atoms with Crippen LogP contribution in [0.15, 0.2) is 48.7 Å². The Bertz CT molecular complexity index is 749. The van der Waals surface area contributed by atoms with Crippen molar-refractivity contribution in [3.63, 3.8) is 0 Å². The number of benzene rings is 2. The summed E-state index contributed by atoms with van der Waals surface area (Å²) < 4.78 is 26.2. The summed E-state index contributed by atoms with van der Waals surface area (Å²) in [6.45, 7) is 1.91. The molecule has 0 fully saturated rings. The molecule has 4 heteroatoms. The van der Waals surface area contributed by atoms with Crippen molar-refractivity contribution in [2.75, 3.05) is 5.32 Å². The molecule has 0 aliphatic rings. The molecular formula is C16H14F2N2. The van der Waals surface area contributed by atoms with E-state index in [4.69, 9.17) is 0 Å². The number of hydrogen-bond acceptors (Lipinski definition) is 1. The Kier molecular flexibility index (Phi) is 3.14. The quantitative estimate of drug-likeness (QED) is 0.715. The average Bonchev–Trinajstić information content (AvgIpc) is 2.89. The minimum atomic E-state index is -0.824. The Balaban J connectivity index is 1.83. The number of aromatic nitrogens is 1. The van der Waals surface area contributed by atoms with Gasteiger partial charge in [0.15, 0.2) is 11.6 Å². The lowest BCUT2D eigenvalue weighted by Gasteiger charge is -2.16. The molecule has 0 aliphatic heterocycles. The second kappa shape index (κ2) is 4.96. The fourth-order valence-corrected chi connectivity index (χ4v) is 2.26. The third kappa shape index (κ3) is 2.37. The second-order valence-corrected chi connectivity index (χ2v) is 4.82. The van der Waals surface area contributed by atoms with Gasteiger partial charge in [0.25, 0.3) is 0 Å². The Hall–Kier alpha value is -2.36. The molecule has 0 saturated carbocycles. The van der Waals surface area contributed by atoms with Gasteiger partial charge in [0.2, 0.25) is 0 Å². The van der Waals surface area contributed by atoms with E-state index < -0.39 is 11.6 Å². The summed E-state index contributed by atoms with van der Waals surface area (Å²) in [7, 11) is 0. The highest BCUT2D eigenvalue weighted by Crippen LogP contribution is 2.23. The number of halogens is 2. The van der Waals surface area contributed by atoms with Crippen LogP contribution in [-0.4, -0.2) is 4.98 Å². The summed E-state index contributed by atoms with van der Waals surface area (Å²) in [5, 5.41) is 4.39. The standard InChI is InChI=1S/C16H14F2N2/c1-10(11-2-4-14(17)15(18)9-11)20-13-3-5-16-12(8-13)6-7-19-16/h2-10,19-20H,1H3. The number of rotatable bonds is 3. The first kappa shape index (κ1) is 12.7. The van der Waals surface area contributed by atoms with Crippen molar-refractivity contribution >= 4 is 16.6 Å². The lowest BCUT2D eigenvalue weighted by atomic mass is 10.1. The largest absolute Gasteiger partial charge is 0.379 e. The SMILES string of the molecule is CC(Nc1ccc2[nH]ccc2c1)c1ccc(F)c(F)c1. The molecule has 20 heavy (non-hydrogen) atoms. The van der Waals surface area contributed by atoms with Crippen LogP contribution in [0.3, 0.4) is 0 Å². The van der Waals surface area contributed by atoms with Crippen LogP contribution in [0.2, 0.25) is 0 Å². The van der Waals surface area contributed by atoms with Gasteiger partial charge in [0, 0.05) is 28.8 Å². The van der Waals surface area contributed by atoms with Gasteiger partial charge in [-0.2, -0.15) is 0 Å². The normalized spacial score (nSPS) is 12.6. The highest BCUT2D eigenvalue weighted by molar-refractivity contribution is 5.83. The number of H-pyrrole nitrogens is 1. The molecular weight excluding hydrogens is 258 g/mol. The van der Waals surface area contributed by atoms with Gasteiger partial charge in [-0.1, -0.05) is 6.07 Å². The fourth-order valence-electron chi connectivity index (χ4n) is 2.26. The molecule has 0 bridgehead atoms. The number of fused-ring (bicyclic) bond motifs is 1. The van der Waals surface area contributed by atoms with E-state index in [9.17, 15) is 8.78 Å². The molecule has 0 amide bonds. The summed E-state index contributed by atoms with van der Waals surface area (Å²) in [4.78, 5) is 3.13.